The lowest BCUT2D eigenvalue weighted by molar-refractivity contribution is 0.747. The van der Waals surface area contributed by atoms with Crippen molar-refractivity contribution in [3.8, 4) is 0 Å². The highest BCUT2D eigenvalue weighted by molar-refractivity contribution is 5.26. The number of hydrogen-bond donors (Lipinski definition) is 2. The van der Waals surface area contributed by atoms with E-state index in [0.717, 1.165) is 25.0 Å². The third kappa shape index (κ3) is 3.73. The zero-order valence-electron chi connectivity index (χ0n) is 9.63. The van der Waals surface area contributed by atoms with Gasteiger partial charge in [-0.15, -0.1) is 0 Å². The fourth-order valence-corrected chi connectivity index (χ4v) is 1.30. The van der Waals surface area contributed by atoms with Gasteiger partial charge in [-0.25, -0.2) is 4.98 Å². The van der Waals surface area contributed by atoms with Crippen LogP contribution in [0.2, 0.25) is 0 Å². The summed E-state index contributed by atoms with van der Waals surface area (Å²) < 4.78 is 0. The molecular formula is C11H19N3O. The molecule has 1 aromatic rings. The van der Waals surface area contributed by atoms with Gasteiger partial charge in [-0.05, 0) is 19.8 Å². The van der Waals surface area contributed by atoms with Crippen LogP contribution in [0.25, 0.3) is 0 Å². The molecule has 0 saturated carbocycles. The second kappa shape index (κ2) is 5.53. The van der Waals surface area contributed by atoms with Crippen molar-refractivity contribution in [1.29, 1.82) is 0 Å². The largest absolute Gasteiger partial charge is 0.353 e. The predicted molar refractivity (Wildman–Crippen MR) is 62.2 cm³/mol. The number of rotatable bonds is 5. The van der Waals surface area contributed by atoms with Gasteiger partial charge in [0.05, 0.1) is 0 Å². The van der Waals surface area contributed by atoms with Crippen molar-refractivity contribution in [3.05, 3.63) is 22.1 Å². The Hall–Kier alpha value is -1.32. The monoisotopic (exact) mass is 209 g/mol. The third-order valence-electron chi connectivity index (χ3n) is 2.30. The number of H-pyrrole nitrogens is 1. The normalized spacial score (nSPS) is 12.5. The summed E-state index contributed by atoms with van der Waals surface area (Å²) in [5.41, 5.74) is 0.770. The van der Waals surface area contributed by atoms with E-state index in [9.17, 15) is 4.79 Å². The van der Waals surface area contributed by atoms with Gasteiger partial charge in [0.25, 0.3) is 5.56 Å². The van der Waals surface area contributed by atoms with Crippen LogP contribution < -0.4 is 10.9 Å². The molecular weight excluding hydrogens is 190 g/mol. The van der Waals surface area contributed by atoms with Crippen LogP contribution in [0.1, 0.15) is 39.3 Å². The topological polar surface area (TPSA) is 57.8 Å². The van der Waals surface area contributed by atoms with E-state index in [1.165, 1.54) is 0 Å². The molecule has 1 rings (SSSR count). The van der Waals surface area contributed by atoms with Crippen molar-refractivity contribution in [3.63, 3.8) is 0 Å². The lowest BCUT2D eigenvalue weighted by atomic mass is 10.2. The van der Waals surface area contributed by atoms with Crippen LogP contribution in [-0.2, 0) is 6.42 Å². The first-order valence-corrected chi connectivity index (χ1v) is 5.52. The van der Waals surface area contributed by atoms with Crippen LogP contribution in [0.3, 0.4) is 0 Å². The first kappa shape index (κ1) is 11.8. The molecule has 0 bridgehead atoms. The molecule has 1 unspecified atom stereocenters. The maximum atomic E-state index is 11.3. The van der Waals surface area contributed by atoms with Crippen molar-refractivity contribution in [2.24, 2.45) is 0 Å². The molecule has 1 atom stereocenters. The average molecular weight is 209 g/mol. The first-order chi connectivity index (χ1) is 7.15. The van der Waals surface area contributed by atoms with Gasteiger partial charge in [-0.2, -0.15) is 0 Å². The third-order valence-corrected chi connectivity index (χ3v) is 2.30. The molecule has 1 heterocycles. The second-order valence-electron chi connectivity index (χ2n) is 3.79. The molecule has 0 aliphatic rings. The quantitative estimate of drug-likeness (QED) is 0.779. The van der Waals surface area contributed by atoms with E-state index in [-0.39, 0.29) is 5.56 Å². The molecule has 0 saturated heterocycles. The fraction of sp³-hybridized carbons (Fsp3) is 0.636. The minimum absolute atomic E-state index is 0.0840. The van der Waals surface area contributed by atoms with Crippen molar-refractivity contribution < 1.29 is 0 Å². The summed E-state index contributed by atoms with van der Waals surface area (Å²) in [5.74, 6) is 0.584. The van der Waals surface area contributed by atoms with Gasteiger partial charge in [0.2, 0.25) is 5.95 Å². The Morgan fingerprint density at radius 3 is 2.87 bits per heavy atom. The molecule has 2 N–H and O–H groups in total. The number of nitrogens with zero attached hydrogens (tertiary/aromatic N) is 1. The van der Waals surface area contributed by atoms with E-state index in [4.69, 9.17) is 0 Å². The van der Waals surface area contributed by atoms with Gasteiger partial charge in [-0.1, -0.05) is 20.3 Å². The molecule has 4 nitrogen and oxygen atoms in total. The van der Waals surface area contributed by atoms with Crippen LogP contribution >= 0.6 is 0 Å². The minimum atomic E-state index is -0.0840. The van der Waals surface area contributed by atoms with E-state index in [0.29, 0.717) is 12.0 Å². The minimum Gasteiger partial charge on any atom is -0.353 e. The molecule has 0 aliphatic carbocycles. The Morgan fingerprint density at radius 2 is 2.27 bits per heavy atom. The van der Waals surface area contributed by atoms with Crippen LogP contribution in [0.15, 0.2) is 10.9 Å². The van der Waals surface area contributed by atoms with E-state index >= 15 is 0 Å². The lowest BCUT2D eigenvalue weighted by Gasteiger charge is -2.11. The maximum Gasteiger partial charge on any atom is 0.252 e. The van der Waals surface area contributed by atoms with Gasteiger partial charge in [0.1, 0.15) is 0 Å². The van der Waals surface area contributed by atoms with Gasteiger partial charge < -0.3 is 5.32 Å². The van der Waals surface area contributed by atoms with Crippen LogP contribution in [0, 0.1) is 0 Å². The number of aromatic amines is 1. The lowest BCUT2D eigenvalue weighted by Crippen LogP contribution is -2.20. The SMILES string of the molecule is CCCc1cc(=O)[nH]c(NC(C)CC)n1. The molecule has 0 spiro atoms. The molecule has 4 heteroatoms. The average Bonchev–Trinajstić information content (AvgIpc) is 2.17. The van der Waals surface area contributed by atoms with E-state index in [2.05, 4.69) is 36.1 Å². The summed E-state index contributed by atoms with van der Waals surface area (Å²) in [6, 6.07) is 1.88. The first-order valence-electron chi connectivity index (χ1n) is 5.52. The van der Waals surface area contributed by atoms with Gasteiger partial charge in [0.15, 0.2) is 0 Å². The fourth-order valence-electron chi connectivity index (χ4n) is 1.30. The Morgan fingerprint density at radius 1 is 1.53 bits per heavy atom. The number of aromatic nitrogens is 2. The molecule has 0 amide bonds. The molecule has 84 valence electrons. The van der Waals surface area contributed by atoms with Crippen molar-refractivity contribution >= 4 is 5.95 Å². The van der Waals surface area contributed by atoms with Crippen LogP contribution in [0.5, 0.6) is 0 Å². The summed E-state index contributed by atoms with van der Waals surface area (Å²) in [7, 11) is 0. The molecule has 1 aromatic heterocycles. The van der Waals surface area contributed by atoms with E-state index < -0.39 is 0 Å². The van der Waals surface area contributed by atoms with Gasteiger partial charge in [-0.3, -0.25) is 9.78 Å². The van der Waals surface area contributed by atoms with E-state index in [1.54, 1.807) is 6.07 Å². The Kier molecular flexibility index (Phi) is 4.34. The Bertz CT molecular complexity index is 359. The summed E-state index contributed by atoms with van der Waals surface area (Å²) >= 11 is 0. The zero-order chi connectivity index (χ0) is 11.3. The highest BCUT2D eigenvalue weighted by atomic mass is 16.1. The van der Waals surface area contributed by atoms with Crippen molar-refractivity contribution in [2.45, 2.75) is 46.1 Å². The molecule has 0 fully saturated rings. The second-order valence-corrected chi connectivity index (χ2v) is 3.79. The van der Waals surface area contributed by atoms with Gasteiger partial charge in [0, 0.05) is 17.8 Å². The standard InChI is InChI=1S/C11H19N3O/c1-4-6-9-7-10(15)14-11(13-9)12-8(3)5-2/h7-8H,4-6H2,1-3H3,(H2,12,13,14,15). The number of hydrogen-bond acceptors (Lipinski definition) is 3. The molecule has 0 aromatic carbocycles. The van der Waals surface area contributed by atoms with Crippen LogP contribution in [-0.4, -0.2) is 16.0 Å². The summed E-state index contributed by atoms with van der Waals surface area (Å²) in [4.78, 5) is 18.4. The summed E-state index contributed by atoms with van der Waals surface area (Å²) in [5, 5.41) is 3.16. The molecule has 0 aliphatic heterocycles. The van der Waals surface area contributed by atoms with Gasteiger partial charge >= 0.3 is 0 Å². The molecule has 15 heavy (non-hydrogen) atoms. The molecule has 0 radical (unpaired) electrons. The highest BCUT2D eigenvalue weighted by Crippen LogP contribution is 2.03. The number of nitrogens with one attached hydrogen (secondary N) is 2. The van der Waals surface area contributed by atoms with Crippen molar-refractivity contribution in [2.75, 3.05) is 5.32 Å². The number of aryl methyl sites for hydroxylation is 1. The Balaban J connectivity index is 2.83. The number of anilines is 1. The van der Waals surface area contributed by atoms with Crippen molar-refractivity contribution in [1.82, 2.24) is 9.97 Å². The highest BCUT2D eigenvalue weighted by Gasteiger charge is 2.03. The predicted octanol–water partition coefficient (Wildman–Crippen LogP) is 1.93. The maximum absolute atomic E-state index is 11.3. The smallest absolute Gasteiger partial charge is 0.252 e. The Labute approximate surface area is 90.1 Å². The summed E-state index contributed by atoms with van der Waals surface area (Å²) in [6.45, 7) is 6.22. The summed E-state index contributed by atoms with van der Waals surface area (Å²) in [6.07, 6.45) is 2.85. The van der Waals surface area contributed by atoms with E-state index in [1.807, 2.05) is 0 Å². The zero-order valence-corrected chi connectivity index (χ0v) is 9.63. The van der Waals surface area contributed by atoms with Crippen LogP contribution in [0.4, 0.5) is 5.95 Å².